The molecule has 0 aliphatic rings. The summed E-state index contributed by atoms with van der Waals surface area (Å²) in [7, 11) is 0. The third-order valence-corrected chi connectivity index (χ3v) is 3.04. The normalized spacial score (nSPS) is 12.6. The van der Waals surface area contributed by atoms with Crippen molar-refractivity contribution < 1.29 is 19.9 Å². The Bertz CT molecular complexity index is 759. The van der Waals surface area contributed by atoms with Gasteiger partial charge in [-0.25, -0.2) is 4.79 Å². The average molecular weight is 297 g/mol. The van der Waals surface area contributed by atoms with Crippen LogP contribution < -0.4 is 0 Å². The topological polar surface area (TPSA) is 101 Å². The maximum absolute atomic E-state index is 10.8. The highest BCUT2D eigenvalue weighted by Crippen LogP contribution is 2.30. The molecule has 0 aliphatic heterocycles. The Morgan fingerprint density at radius 1 is 1.05 bits per heavy atom. The van der Waals surface area contributed by atoms with Gasteiger partial charge >= 0.3 is 5.97 Å². The number of hydrogen-bond acceptors (Lipinski definition) is 4. The van der Waals surface area contributed by atoms with E-state index in [1.807, 2.05) is 5.92 Å². The molecule has 0 saturated carbocycles. The molecule has 0 aromatic heterocycles. The third kappa shape index (κ3) is 3.11. The minimum Gasteiger partial charge on any atom is -0.472 e. The molecule has 6 nitrogen and oxygen atoms in total. The van der Waals surface area contributed by atoms with E-state index in [2.05, 4.69) is 5.92 Å². The van der Waals surface area contributed by atoms with Crippen LogP contribution in [-0.4, -0.2) is 21.1 Å². The van der Waals surface area contributed by atoms with Crippen LogP contribution in [0.1, 0.15) is 11.1 Å². The van der Waals surface area contributed by atoms with Crippen molar-refractivity contribution in [1.29, 1.82) is 0 Å². The van der Waals surface area contributed by atoms with E-state index in [-0.39, 0.29) is 11.3 Å². The van der Waals surface area contributed by atoms with E-state index in [0.717, 1.165) is 0 Å². The zero-order chi connectivity index (χ0) is 16.2. The fraction of sp³-hybridized carbons (Fsp3) is 0.0625. The smallest absolute Gasteiger partial charge is 0.382 e. The molecule has 110 valence electrons. The van der Waals surface area contributed by atoms with Crippen LogP contribution in [0.3, 0.4) is 0 Å². The Kier molecular flexibility index (Phi) is 4.20. The van der Waals surface area contributed by atoms with Gasteiger partial charge in [-0.3, -0.25) is 10.1 Å². The summed E-state index contributed by atoms with van der Waals surface area (Å²) in [5, 5.41) is 30.2. The van der Waals surface area contributed by atoms with E-state index in [0.29, 0.717) is 5.56 Å². The average Bonchev–Trinajstić information content (AvgIpc) is 2.53. The standard InChI is InChI=1S/C16H11NO5/c18-15(19)10-11-16(20,12-4-2-1-3-5-12)13-6-8-14(9-7-13)17(21)22/h1-9,20H,(H,18,19). The van der Waals surface area contributed by atoms with Crippen molar-refractivity contribution in [3.63, 3.8) is 0 Å². The predicted molar refractivity (Wildman–Crippen MR) is 77.9 cm³/mol. The van der Waals surface area contributed by atoms with Crippen molar-refractivity contribution in [2.75, 3.05) is 0 Å². The van der Waals surface area contributed by atoms with Crippen molar-refractivity contribution in [2.24, 2.45) is 0 Å². The van der Waals surface area contributed by atoms with Crippen LogP contribution in [0.15, 0.2) is 54.6 Å². The molecule has 2 rings (SSSR count). The van der Waals surface area contributed by atoms with Gasteiger partial charge in [0.15, 0.2) is 5.60 Å². The van der Waals surface area contributed by atoms with Crippen LogP contribution in [0.2, 0.25) is 0 Å². The van der Waals surface area contributed by atoms with E-state index in [4.69, 9.17) is 5.11 Å². The molecule has 0 fully saturated rings. The molecule has 1 atom stereocenters. The number of aliphatic carboxylic acids is 1. The fourth-order valence-corrected chi connectivity index (χ4v) is 1.96. The van der Waals surface area contributed by atoms with Gasteiger partial charge in [0.05, 0.1) is 4.92 Å². The number of rotatable bonds is 3. The Morgan fingerprint density at radius 2 is 1.59 bits per heavy atom. The molecule has 0 spiro atoms. The summed E-state index contributed by atoms with van der Waals surface area (Å²) in [6, 6.07) is 13.4. The largest absolute Gasteiger partial charge is 0.472 e. The lowest BCUT2D eigenvalue weighted by Crippen LogP contribution is -2.25. The van der Waals surface area contributed by atoms with Crippen LogP contribution in [0, 0.1) is 22.0 Å². The Balaban J connectivity index is 2.57. The van der Waals surface area contributed by atoms with Crippen LogP contribution in [0.25, 0.3) is 0 Å². The molecule has 1 unspecified atom stereocenters. The van der Waals surface area contributed by atoms with Crippen LogP contribution in [0.4, 0.5) is 5.69 Å². The number of aliphatic hydroxyl groups is 1. The summed E-state index contributed by atoms with van der Waals surface area (Å²) < 4.78 is 0. The molecular weight excluding hydrogens is 286 g/mol. The first kappa shape index (κ1) is 15.2. The zero-order valence-electron chi connectivity index (χ0n) is 11.3. The lowest BCUT2D eigenvalue weighted by molar-refractivity contribution is -0.384. The summed E-state index contributed by atoms with van der Waals surface area (Å²) in [6.45, 7) is 0. The second-order valence-corrected chi connectivity index (χ2v) is 4.44. The van der Waals surface area contributed by atoms with Crippen molar-refractivity contribution in [3.05, 3.63) is 75.8 Å². The monoisotopic (exact) mass is 297 g/mol. The predicted octanol–water partition coefficient (Wildman–Crippen LogP) is 1.92. The quantitative estimate of drug-likeness (QED) is 0.512. The molecule has 0 aliphatic carbocycles. The van der Waals surface area contributed by atoms with Gasteiger partial charge < -0.3 is 10.2 Å². The van der Waals surface area contributed by atoms with Gasteiger partial charge in [-0.1, -0.05) is 30.3 Å². The van der Waals surface area contributed by atoms with Gasteiger partial charge in [-0.05, 0) is 18.1 Å². The summed E-state index contributed by atoms with van der Waals surface area (Å²) in [5.41, 5.74) is -1.38. The third-order valence-electron chi connectivity index (χ3n) is 3.04. The molecule has 0 radical (unpaired) electrons. The molecule has 2 aromatic rings. The SMILES string of the molecule is O=C(O)C#CC(O)(c1ccccc1)c1ccc([N+](=O)[O-])cc1. The molecule has 2 N–H and O–H groups in total. The Hall–Kier alpha value is -3.17. The van der Waals surface area contributed by atoms with Gasteiger partial charge in [0.1, 0.15) is 0 Å². The number of nitro benzene ring substituents is 1. The van der Waals surface area contributed by atoms with Gasteiger partial charge in [-0.15, -0.1) is 0 Å². The molecule has 0 saturated heterocycles. The molecule has 6 heteroatoms. The number of benzene rings is 2. The highest BCUT2D eigenvalue weighted by atomic mass is 16.6. The van der Waals surface area contributed by atoms with Crippen molar-refractivity contribution in [1.82, 2.24) is 0 Å². The number of carboxylic acid groups (broad SMARTS) is 1. The number of hydrogen-bond donors (Lipinski definition) is 2. The molecule has 0 amide bonds. The molecule has 22 heavy (non-hydrogen) atoms. The number of carbonyl (C=O) groups is 1. The Labute approximate surface area is 125 Å². The van der Waals surface area contributed by atoms with Crippen LogP contribution in [0.5, 0.6) is 0 Å². The Morgan fingerprint density at radius 3 is 2.09 bits per heavy atom. The number of non-ortho nitro benzene ring substituents is 1. The molecular formula is C16H11NO5. The first-order valence-electron chi connectivity index (χ1n) is 6.22. The van der Waals surface area contributed by atoms with E-state index < -0.39 is 16.5 Å². The van der Waals surface area contributed by atoms with Gasteiger partial charge in [0.25, 0.3) is 5.69 Å². The van der Waals surface area contributed by atoms with Crippen LogP contribution in [-0.2, 0) is 10.4 Å². The van der Waals surface area contributed by atoms with Crippen molar-refractivity contribution >= 4 is 11.7 Å². The first-order valence-corrected chi connectivity index (χ1v) is 6.22. The molecule has 0 bridgehead atoms. The minimum absolute atomic E-state index is 0.134. The zero-order valence-corrected chi connectivity index (χ0v) is 11.3. The summed E-state index contributed by atoms with van der Waals surface area (Å²) in [6.07, 6.45) is 0. The summed E-state index contributed by atoms with van der Waals surface area (Å²) in [4.78, 5) is 20.8. The number of nitro groups is 1. The molecule has 0 heterocycles. The highest BCUT2D eigenvalue weighted by Gasteiger charge is 2.30. The highest BCUT2D eigenvalue weighted by molar-refractivity contribution is 5.87. The van der Waals surface area contributed by atoms with Gasteiger partial charge in [-0.2, -0.15) is 0 Å². The fourth-order valence-electron chi connectivity index (χ4n) is 1.96. The van der Waals surface area contributed by atoms with Crippen LogP contribution >= 0.6 is 0 Å². The van der Waals surface area contributed by atoms with E-state index >= 15 is 0 Å². The lowest BCUT2D eigenvalue weighted by atomic mass is 9.87. The number of carboxylic acids is 1. The minimum atomic E-state index is -1.87. The lowest BCUT2D eigenvalue weighted by Gasteiger charge is -2.23. The first-order chi connectivity index (χ1) is 10.4. The van der Waals surface area contributed by atoms with E-state index in [1.165, 1.54) is 24.3 Å². The molecule has 2 aromatic carbocycles. The van der Waals surface area contributed by atoms with Gasteiger partial charge in [0.2, 0.25) is 0 Å². The van der Waals surface area contributed by atoms with Crippen molar-refractivity contribution in [2.45, 2.75) is 5.60 Å². The second-order valence-electron chi connectivity index (χ2n) is 4.44. The van der Waals surface area contributed by atoms with Gasteiger partial charge in [0, 0.05) is 29.2 Å². The van der Waals surface area contributed by atoms with Crippen molar-refractivity contribution in [3.8, 4) is 11.8 Å². The number of nitrogens with zero attached hydrogens (tertiary/aromatic N) is 1. The summed E-state index contributed by atoms with van der Waals surface area (Å²) >= 11 is 0. The second kappa shape index (κ2) is 6.08. The summed E-state index contributed by atoms with van der Waals surface area (Å²) in [5.74, 6) is 2.84. The maximum atomic E-state index is 10.8. The van der Waals surface area contributed by atoms with E-state index in [1.54, 1.807) is 30.3 Å². The maximum Gasteiger partial charge on any atom is 0.382 e. The van der Waals surface area contributed by atoms with E-state index in [9.17, 15) is 20.0 Å².